The molecule has 1 aromatic heterocycles. The summed E-state index contributed by atoms with van der Waals surface area (Å²) < 4.78 is 11.6. The summed E-state index contributed by atoms with van der Waals surface area (Å²) in [5.74, 6) is -1.77. The number of fused-ring (bicyclic) bond motifs is 1. The van der Waals surface area contributed by atoms with Gasteiger partial charge in [0, 0.05) is 16.2 Å². The van der Waals surface area contributed by atoms with Gasteiger partial charge in [0.15, 0.2) is 6.10 Å². The lowest BCUT2D eigenvalue weighted by molar-refractivity contribution is -0.155. The minimum absolute atomic E-state index is 0.0657. The highest BCUT2D eigenvalue weighted by atomic mass is 32.2. The fourth-order valence-electron chi connectivity index (χ4n) is 4.65. The summed E-state index contributed by atoms with van der Waals surface area (Å²) in [7, 11) is 0. The van der Waals surface area contributed by atoms with Gasteiger partial charge in [-0.1, -0.05) is 80.6 Å². The minimum Gasteiger partial charge on any atom is -0.461 e. The number of thiophene rings is 1. The van der Waals surface area contributed by atoms with Crippen LogP contribution in [0.3, 0.4) is 0 Å². The number of nitrogens with zero attached hydrogens (tertiary/aromatic N) is 1. The molecule has 1 saturated heterocycles. The van der Waals surface area contributed by atoms with Gasteiger partial charge in [0.05, 0.1) is 12.3 Å². The Morgan fingerprint density at radius 3 is 2.22 bits per heavy atom. The monoisotopic (exact) mass is 590 g/mol. The number of hydrogen-bond acceptors (Lipinski definition) is 8. The molecule has 0 aliphatic carbocycles. The topological polar surface area (TPSA) is 102 Å². The first kappa shape index (κ1) is 28.6. The molecule has 0 radical (unpaired) electrons. The van der Waals surface area contributed by atoms with Crippen molar-refractivity contribution in [1.29, 1.82) is 0 Å². The summed E-state index contributed by atoms with van der Waals surface area (Å²) in [6, 6.07) is 21.7. The number of esters is 2. The second-order valence-electron chi connectivity index (χ2n) is 10.0. The molecular formula is C31H30N2O6S2. The van der Waals surface area contributed by atoms with Gasteiger partial charge in [0.2, 0.25) is 5.91 Å². The fraction of sp³-hybridized carbons (Fsp3) is 0.290. The molecule has 2 aromatic carbocycles. The lowest BCUT2D eigenvalue weighted by Crippen LogP contribution is -2.70. The van der Waals surface area contributed by atoms with Gasteiger partial charge < -0.3 is 14.8 Å². The molecule has 41 heavy (non-hydrogen) atoms. The van der Waals surface area contributed by atoms with Gasteiger partial charge in [0.25, 0.3) is 5.91 Å². The molecule has 0 spiro atoms. The highest BCUT2D eigenvalue weighted by Crippen LogP contribution is 2.41. The van der Waals surface area contributed by atoms with Gasteiger partial charge in [-0.25, -0.2) is 4.79 Å². The number of ether oxygens (including phenoxy) is 2. The van der Waals surface area contributed by atoms with E-state index in [4.69, 9.17) is 9.47 Å². The Morgan fingerprint density at radius 2 is 1.63 bits per heavy atom. The van der Waals surface area contributed by atoms with Crippen LogP contribution in [0.2, 0.25) is 0 Å². The van der Waals surface area contributed by atoms with Gasteiger partial charge in [-0.2, -0.15) is 0 Å². The van der Waals surface area contributed by atoms with Crippen molar-refractivity contribution < 1.29 is 28.7 Å². The fourth-order valence-corrected chi connectivity index (χ4v) is 6.68. The predicted octanol–water partition coefficient (Wildman–Crippen LogP) is 4.48. The van der Waals surface area contributed by atoms with E-state index < -0.39 is 35.4 Å². The minimum atomic E-state index is -0.769. The van der Waals surface area contributed by atoms with E-state index in [9.17, 15) is 19.2 Å². The number of carbonyl (C=O) groups excluding carboxylic acids is 4. The van der Waals surface area contributed by atoms with Crippen LogP contribution in [0.1, 0.15) is 36.0 Å². The van der Waals surface area contributed by atoms with E-state index in [0.29, 0.717) is 11.3 Å². The Morgan fingerprint density at radius 1 is 0.976 bits per heavy atom. The number of β-lactam (4-membered cyclic amide) rings is 1. The average Bonchev–Trinajstić information content (AvgIpc) is 3.50. The number of thioether (sulfide) groups is 1. The maximum atomic E-state index is 13.9. The number of hydrogen-bond donors (Lipinski definition) is 1. The summed E-state index contributed by atoms with van der Waals surface area (Å²) in [6.07, 6.45) is -0.543. The van der Waals surface area contributed by atoms with Gasteiger partial charge in [-0.15, -0.1) is 23.1 Å². The van der Waals surface area contributed by atoms with E-state index >= 15 is 0 Å². The molecule has 212 valence electrons. The molecule has 10 heteroatoms. The Hall–Kier alpha value is -3.89. The quantitative estimate of drug-likeness (QED) is 0.275. The third-order valence-electron chi connectivity index (χ3n) is 6.76. The van der Waals surface area contributed by atoms with Crippen molar-refractivity contribution in [3.05, 3.63) is 105 Å². The van der Waals surface area contributed by atoms with Crippen LogP contribution < -0.4 is 5.32 Å². The summed E-state index contributed by atoms with van der Waals surface area (Å²) >= 11 is 2.88. The van der Waals surface area contributed by atoms with Crippen LogP contribution in [0.5, 0.6) is 0 Å². The largest absolute Gasteiger partial charge is 0.461 e. The summed E-state index contributed by atoms with van der Waals surface area (Å²) in [5, 5.41) is 4.25. The van der Waals surface area contributed by atoms with Crippen LogP contribution in [-0.2, 0) is 35.1 Å². The van der Waals surface area contributed by atoms with Crippen molar-refractivity contribution in [2.75, 3.05) is 12.4 Å². The number of benzene rings is 2. The van der Waals surface area contributed by atoms with E-state index in [0.717, 1.165) is 16.0 Å². The normalized spacial score (nSPS) is 18.1. The first-order valence-electron chi connectivity index (χ1n) is 13.3. The van der Waals surface area contributed by atoms with Crippen LogP contribution in [-0.4, -0.2) is 52.4 Å². The molecule has 0 saturated carbocycles. The number of rotatable bonds is 10. The van der Waals surface area contributed by atoms with E-state index in [2.05, 4.69) is 5.32 Å². The number of nitrogens with one attached hydrogen (secondary N) is 1. The van der Waals surface area contributed by atoms with Crippen molar-refractivity contribution in [3.63, 3.8) is 0 Å². The first-order valence-corrected chi connectivity index (χ1v) is 15.2. The summed E-state index contributed by atoms with van der Waals surface area (Å²) in [5.41, 5.74) is 2.10. The van der Waals surface area contributed by atoms with Crippen molar-refractivity contribution in [3.8, 4) is 0 Å². The molecule has 2 amide bonds. The Balaban J connectivity index is 1.41. The highest BCUT2D eigenvalue weighted by Gasteiger charge is 2.54. The standard InChI is InChI=1S/C31H30N2O6S2/c1-19(2)30(36)38-17-22-18-41-29-25(32-24(34)16-23-14-9-15-40-23)28(35)33(29)26(22)31(37)39-27(20-10-5-3-6-11-20)21-12-7-4-8-13-21/h3-15,19,25,27,29H,16-18H2,1-2H3,(H,32,34)/t25-,29-/m1/s1. The van der Waals surface area contributed by atoms with Crippen LogP contribution in [0.25, 0.3) is 0 Å². The van der Waals surface area contributed by atoms with Crippen LogP contribution in [0.4, 0.5) is 0 Å². The van der Waals surface area contributed by atoms with Gasteiger partial charge in [-0.05, 0) is 22.6 Å². The second-order valence-corrected chi connectivity index (χ2v) is 12.2. The third-order valence-corrected chi connectivity index (χ3v) is 8.98. The molecule has 5 rings (SSSR count). The zero-order chi connectivity index (χ0) is 28.9. The average molecular weight is 591 g/mol. The SMILES string of the molecule is CC(C)C(=O)OCC1=C(C(=O)OC(c2ccccc2)c2ccccc2)N2C(=O)[C@@H](NC(=O)Cc3cccs3)[C@H]2SC1. The van der Waals surface area contributed by atoms with Crippen LogP contribution in [0.15, 0.2) is 89.4 Å². The second kappa shape index (κ2) is 12.7. The Kier molecular flexibility index (Phi) is 8.90. The lowest BCUT2D eigenvalue weighted by atomic mass is 10.0. The molecule has 1 N–H and O–H groups in total. The smallest absolute Gasteiger partial charge is 0.356 e. The molecule has 3 aromatic rings. The van der Waals surface area contributed by atoms with E-state index in [1.165, 1.54) is 28.0 Å². The van der Waals surface area contributed by atoms with Gasteiger partial charge in [0.1, 0.15) is 23.7 Å². The molecule has 2 aliphatic heterocycles. The maximum absolute atomic E-state index is 13.9. The molecular weight excluding hydrogens is 560 g/mol. The Bertz CT molecular complexity index is 1400. The molecule has 0 bridgehead atoms. The zero-order valence-corrected chi connectivity index (χ0v) is 24.3. The summed E-state index contributed by atoms with van der Waals surface area (Å²) in [4.78, 5) is 54.5. The van der Waals surface area contributed by atoms with Crippen molar-refractivity contribution in [2.24, 2.45) is 5.92 Å². The summed E-state index contributed by atoms with van der Waals surface area (Å²) in [6.45, 7) is 3.32. The maximum Gasteiger partial charge on any atom is 0.356 e. The van der Waals surface area contributed by atoms with E-state index in [1.54, 1.807) is 13.8 Å². The van der Waals surface area contributed by atoms with Gasteiger partial charge in [-0.3, -0.25) is 19.3 Å². The lowest BCUT2D eigenvalue weighted by Gasteiger charge is -2.49. The van der Waals surface area contributed by atoms with Crippen molar-refractivity contribution in [2.45, 2.75) is 37.8 Å². The molecule has 3 heterocycles. The Labute approximate surface area is 246 Å². The molecule has 0 unspecified atom stereocenters. The van der Waals surface area contributed by atoms with E-state index in [-0.39, 0.29) is 30.5 Å². The molecule has 2 atom stereocenters. The molecule has 2 aliphatic rings. The number of carbonyl (C=O) groups is 4. The highest BCUT2D eigenvalue weighted by molar-refractivity contribution is 8.00. The van der Waals surface area contributed by atoms with Crippen LogP contribution >= 0.6 is 23.1 Å². The van der Waals surface area contributed by atoms with E-state index in [1.807, 2.05) is 78.2 Å². The first-order chi connectivity index (χ1) is 19.8. The van der Waals surface area contributed by atoms with Crippen LogP contribution in [0, 0.1) is 5.92 Å². The number of amides is 2. The predicted molar refractivity (Wildman–Crippen MR) is 157 cm³/mol. The van der Waals surface area contributed by atoms with Crippen molar-refractivity contribution >= 4 is 46.9 Å². The van der Waals surface area contributed by atoms with Gasteiger partial charge >= 0.3 is 11.9 Å². The van der Waals surface area contributed by atoms with Crippen molar-refractivity contribution in [1.82, 2.24) is 10.2 Å². The molecule has 8 nitrogen and oxygen atoms in total. The zero-order valence-electron chi connectivity index (χ0n) is 22.6. The molecule has 1 fully saturated rings. The third kappa shape index (κ3) is 6.39.